The number of hydrogen-bond donors (Lipinski definition) is 0. The van der Waals surface area contributed by atoms with Crippen molar-refractivity contribution in [2.24, 2.45) is 0 Å². The van der Waals surface area contributed by atoms with Crippen LogP contribution < -0.4 is 9.47 Å². The molecule has 4 aromatic rings. The van der Waals surface area contributed by atoms with Gasteiger partial charge in [-0.15, -0.1) is 12.4 Å². The minimum atomic E-state index is 0. The van der Waals surface area contributed by atoms with Gasteiger partial charge in [0.2, 0.25) is 0 Å². The summed E-state index contributed by atoms with van der Waals surface area (Å²) >= 11 is 0. The van der Waals surface area contributed by atoms with Crippen molar-refractivity contribution in [3.05, 3.63) is 108 Å². The second kappa shape index (κ2) is 10.9. The van der Waals surface area contributed by atoms with Gasteiger partial charge in [0.25, 0.3) is 0 Å². The van der Waals surface area contributed by atoms with Gasteiger partial charge in [0, 0.05) is 30.6 Å². The number of ether oxygens (including phenoxy) is 2. The minimum Gasteiger partial charge on any atom is -0.497 e. The summed E-state index contributed by atoms with van der Waals surface area (Å²) in [6.45, 7) is 5.48. The summed E-state index contributed by atoms with van der Waals surface area (Å²) in [7, 11) is 1.70. The van der Waals surface area contributed by atoms with Crippen molar-refractivity contribution in [1.29, 1.82) is 0 Å². The summed E-state index contributed by atoms with van der Waals surface area (Å²) in [6.07, 6.45) is 1.49. The molecule has 34 heavy (non-hydrogen) atoms. The molecule has 0 spiro atoms. The van der Waals surface area contributed by atoms with Crippen LogP contribution in [-0.4, -0.2) is 37.7 Å². The van der Waals surface area contributed by atoms with Crippen molar-refractivity contribution in [2.75, 3.05) is 26.8 Å². The number of para-hydroxylation sites is 1. The van der Waals surface area contributed by atoms with E-state index in [4.69, 9.17) is 9.47 Å². The standard InChI is InChI=1S/C26H24O2.C4H7N.ClH/c1-3-28-25-14-7-6-12-24(25)26(20-15-17-21(27-2)18-16-20)23-13-8-10-19-9-4-5-11-22(19)23;1-2-5-3-4(1)5;/h4-18,26H,3H2,1-2H3;4H,1-3H2;1H. The number of halogens is 1. The molecule has 0 saturated carbocycles. The molecular weight excluding hydrogens is 442 g/mol. The van der Waals surface area contributed by atoms with Crippen LogP contribution in [0.15, 0.2) is 91.0 Å². The van der Waals surface area contributed by atoms with E-state index in [-0.39, 0.29) is 18.3 Å². The molecular formula is C30H32ClNO2. The maximum Gasteiger partial charge on any atom is 0.123 e. The van der Waals surface area contributed by atoms with Gasteiger partial charge >= 0.3 is 0 Å². The third-order valence-electron chi connectivity index (χ3n) is 6.69. The molecule has 0 N–H and O–H groups in total. The molecule has 3 nitrogen and oxygen atoms in total. The molecule has 4 aromatic carbocycles. The fourth-order valence-corrected chi connectivity index (χ4v) is 4.73. The Labute approximate surface area is 208 Å². The monoisotopic (exact) mass is 473 g/mol. The lowest BCUT2D eigenvalue weighted by Crippen LogP contribution is -2.16. The maximum absolute atomic E-state index is 5.99. The minimum absolute atomic E-state index is 0. The fraction of sp³-hybridized carbons (Fsp3) is 0.267. The first-order valence-corrected chi connectivity index (χ1v) is 11.9. The van der Waals surface area contributed by atoms with Gasteiger partial charge in [0.15, 0.2) is 0 Å². The lowest BCUT2D eigenvalue weighted by molar-refractivity contribution is 0.336. The third-order valence-corrected chi connectivity index (χ3v) is 6.69. The zero-order valence-corrected chi connectivity index (χ0v) is 20.6. The first-order valence-electron chi connectivity index (χ1n) is 11.9. The zero-order valence-electron chi connectivity index (χ0n) is 19.8. The molecule has 0 aliphatic carbocycles. The quantitative estimate of drug-likeness (QED) is 0.224. The predicted molar refractivity (Wildman–Crippen MR) is 143 cm³/mol. The fourth-order valence-electron chi connectivity index (χ4n) is 4.73. The van der Waals surface area contributed by atoms with Gasteiger partial charge in [-0.25, -0.2) is 0 Å². The van der Waals surface area contributed by atoms with Gasteiger partial charge in [-0.3, -0.25) is 4.90 Å². The van der Waals surface area contributed by atoms with Gasteiger partial charge in [0.1, 0.15) is 11.5 Å². The Morgan fingerprint density at radius 2 is 1.53 bits per heavy atom. The highest BCUT2D eigenvalue weighted by Crippen LogP contribution is 2.40. The number of rotatable bonds is 6. The van der Waals surface area contributed by atoms with E-state index in [1.54, 1.807) is 7.11 Å². The molecule has 2 fully saturated rings. The lowest BCUT2D eigenvalue weighted by atomic mass is 9.82. The smallest absolute Gasteiger partial charge is 0.123 e. The molecule has 0 radical (unpaired) electrons. The van der Waals surface area contributed by atoms with E-state index < -0.39 is 0 Å². The van der Waals surface area contributed by atoms with Crippen LogP contribution in [0.2, 0.25) is 0 Å². The van der Waals surface area contributed by atoms with Crippen molar-refractivity contribution < 1.29 is 9.47 Å². The Balaban J connectivity index is 0.000000398. The Morgan fingerprint density at radius 1 is 0.853 bits per heavy atom. The van der Waals surface area contributed by atoms with Crippen LogP contribution >= 0.6 is 12.4 Å². The Morgan fingerprint density at radius 3 is 2.18 bits per heavy atom. The van der Waals surface area contributed by atoms with Crippen LogP contribution in [0, 0.1) is 0 Å². The van der Waals surface area contributed by atoms with E-state index in [1.165, 1.54) is 47.0 Å². The molecule has 176 valence electrons. The number of hydrogen-bond acceptors (Lipinski definition) is 3. The molecule has 0 bridgehead atoms. The first kappa shape index (κ1) is 24.1. The zero-order chi connectivity index (χ0) is 22.6. The van der Waals surface area contributed by atoms with Crippen LogP contribution in [0.5, 0.6) is 11.5 Å². The molecule has 0 amide bonds. The highest BCUT2D eigenvalue weighted by atomic mass is 35.5. The Kier molecular flexibility index (Phi) is 7.77. The largest absolute Gasteiger partial charge is 0.497 e. The molecule has 3 unspecified atom stereocenters. The number of nitrogens with zero attached hydrogens (tertiary/aromatic N) is 1. The average Bonchev–Trinajstić information content (AvgIpc) is 3.46. The van der Waals surface area contributed by atoms with Crippen molar-refractivity contribution in [2.45, 2.75) is 25.3 Å². The first-order chi connectivity index (χ1) is 16.3. The highest BCUT2D eigenvalue weighted by Gasteiger charge is 2.41. The molecule has 2 saturated heterocycles. The Hall–Kier alpha value is -3.01. The summed E-state index contributed by atoms with van der Waals surface area (Å²) in [4.78, 5) is 2.47. The van der Waals surface area contributed by atoms with Crippen LogP contribution in [0.25, 0.3) is 10.8 Å². The number of methoxy groups -OCH3 is 1. The van der Waals surface area contributed by atoms with Crippen molar-refractivity contribution in [3.8, 4) is 11.5 Å². The molecule has 2 aliphatic rings. The lowest BCUT2D eigenvalue weighted by Gasteiger charge is -2.23. The average molecular weight is 474 g/mol. The predicted octanol–water partition coefficient (Wildman–Crippen LogP) is 6.92. The highest BCUT2D eigenvalue weighted by molar-refractivity contribution is 5.87. The van der Waals surface area contributed by atoms with E-state index in [9.17, 15) is 0 Å². The summed E-state index contributed by atoms with van der Waals surface area (Å²) < 4.78 is 11.4. The maximum atomic E-state index is 5.99. The topological polar surface area (TPSA) is 21.5 Å². The van der Waals surface area contributed by atoms with Crippen LogP contribution in [0.1, 0.15) is 36.0 Å². The second-order valence-corrected chi connectivity index (χ2v) is 8.68. The Bertz CT molecular complexity index is 1210. The van der Waals surface area contributed by atoms with E-state index in [1.807, 2.05) is 25.1 Å². The van der Waals surface area contributed by atoms with Crippen LogP contribution in [0.3, 0.4) is 0 Å². The van der Waals surface area contributed by atoms with E-state index in [0.717, 1.165) is 17.5 Å². The summed E-state index contributed by atoms with van der Waals surface area (Å²) in [5.74, 6) is 1.86. The normalized spacial score (nSPS) is 18.3. The van der Waals surface area contributed by atoms with Crippen molar-refractivity contribution in [3.63, 3.8) is 0 Å². The van der Waals surface area contributed by atoms with E-state index in [0.29, 0.717) is 6.61 Å². The molecule has 2 aliphatic heterocycles. The van der Waals surface area contributed by atoms with Gasteiger partial charge in [-0.05, 0) is 53.4 Å². The molecule has 0 aromatic heterocycles. The van der Waals surface area contributed by atoms with Gasteiger partial charge < -0.3 is 9.47 Å². The van der Waals surface area contributed by atoms with Crippen LogP contribution in [0.4, 0.5) is 0 Å². The summed E-state index contributed by atoms with van der Waals surface area (Å²) in [6, 6.07) is 32.8. The third kappa shape index (κ3) is 5.06. The summed E-state index contributed by atoms with van der Waals surface area (Å²) in [5, 5.41) is 2.50. The molecule has 4 heteroatoms. The van der Waals surface area contributed by atoms with Crippen molar-refractivity contribution in [1.82, 2.24) is 4.90 Å². The number of fused-ring (bicyclic) bond motifs is 2. The van der Waals surface area contributed by atoms with Crippen molar-refractivity contribution >= 4 is 23.2 Å². The van der Waals surface area contributed by atoms with Crippen LogP contribution in [-0.2, 0) is 0 Å². The SMILES string of the molecule is C1CN2CC12.CCOc1ccccc1C(c1ccc(OC)cc1)c1cccc2ccccc12.Cl. The molecule has 2 heterocycles. The second-order valence-electron chi connectivity index (χ2n) is 8.68. The van der Waals surface area contributed by atoms with Gasteiger partial charge in [-0.1, -0.05) is 72.8 Å². The molecule has 3 atom stereocenters. The van der Waals surface area contributed by atoms with Gasteiger partial charge in [0.05, 0.1) is 13.7 Å². The molecule has 6 rings (SSSR count). The van der Waals surface area contributed by atoms with Gasteiger partial charge in [-0.2, -0.15) is 0 Å². The summed E-state index contributed by atoms with van der Waals surface area (Å²) in [5.41, 5.74) is 3.66. The van der Waals surface area contributed by atoms with E-state index >= 15 is 0 Å². The van der Waals surface area contributed by atoms with E-state index in [2.05, 4.69) is 77.7 Å². The number of benzene rings is 4.